The van der Waals surface area contributed by atoms with Gasteiger partial charge in [0, 0.05) is 87.0 Å². The molecule has 8 nitrogen and oxygen atoms in total. The van der Waals surface area contributed by atoms with Crippen LogP contribution in [0.4, 0.5) is 20.3 Å². The summed E-state index contributed by atoms with van der Waals surface area (Å²) < 4.78 is 35.2. The molecule has 1 unspecified atom stereocenters. The van der Waals surface area contributed by atoms with Crippen molar-refractivity contribution in [3.05, 3.63) is 59.1 Å². The SMILES string of the molecule is C=CC(=O)N1CCN(C2CN(c3cc(N(CCC4OCc5nccc(C)c54)C(C)C)nc(C(F)F)c3CCC)C2)CC1. The Kier molecular flexibility index (Phi) is 9.42. The molecular weight excluding hydrogens is 538 g/mol. The van der Waals surface area contributed by atoms with Gasteiger partial charge >= 0.3 is 0 Å². The lowest BCUT2D eigenvalue weighted by atomic mass is 9.99. The Morgan fingerprint density at radius 3 is 2.62 bits per heavy atom. The summed E-state index contributed by atoms with van der Waals surface area (Å²) in [5, 5.41) is 0. The number of fused-ring (bicyclic) bond motifs is 1. The number of pyridine rings is 2. The summed E-state index contributed by atoms with van der Waals surface area (Å²) >= 11 is 0. The normalized spacial score (nSPS) is 19.4. The molecule has 2 aromatic heterocycles. The summed E-state index contributed by atoms with van der Waals surface area (Å²) in [5.74, 6) is 0.569. The molecule has 42 heavy (non-hydrogen) atoms. The van der Waals surface area contributed by atoms with E-state index in [0.717, 1.165) is 56.0 Å². The van der Waals surface area contributed by atoms with E-state index in [0.29, 0.717) is 50.1 Å². The van der Waals surface area contributed by atoms with Gasteiger partial charge in [0.2, 0.25) is 5.91 Å². The van der Waals surface area contributed by atoms with E-state index in [1.54, 1.807) is 0 Å². The molecule has 0 bridgehead atoms. The Morgan fingerprint density at radius 2 is 1.98 bits per heavy atom. The third-order valence-electron chi connectivity index (χ3n) is 8.93. The minimum absolute atomic E-state index is 0.0249. The Hall–Kier alpha value is -3.11. The number of amides is 1. The number of rotatable bonds is 11. The zero-order valence-corrected chi connectivity index (χ0v) is 25.4. The number of alkyl halides is 2. The molecule has 228 valence electrons. The van der Waals surface area contributed by atoms with Crippen LogP contribution in [0.15, 0.2) is 31.0 Å². The van der Waals surface area contributed by atoms with Crippen LogP contribution in [0.2, 0.25) is 0 Å². The number of anilines is 2. The molecule has 0 radical (unpaired) electrons. The number of carbonyl (C=O) groups is 1. The number of aryl methyl sites for hydroxylation is 1. The monoisotopic (exact) mass is 582 g/mol. The topological polar surface area (TPSA) is 65.0 Å². The predicted octanol–water partition coefficient (Wildman–Crippen LogP) is 5.07. The van der Waals surface area contributed by atoms with Gasteiger partial charge in [-0.1, -0.05) is 19.9 Å². The fourth-order valence-electron chi connectivity index (χ4n) is 6.56. The molecule has 0 aromatic carbocycles. The van der Waals surface area contributed by atoms with Crippen LogP contribution in [0.3, 0.4) is 0 Å². The molecule has 0 N–H and O–H groups in total. The Morgan fingerprint density at radius 1 is 1.24 bits per heavy atom. The van der Waals surface area contributed by atoms with Gasteiger partial charge in [-0.25, -0.2) is 13.8 Å². The van der Waals surface area contributed by atoms with Gasteiger partial charge in [-0.3, -0.25) is 14.7 Å². The highest BCUT2D eigenvalue weighted by Crippen LogP contribution is 2.38. The highest BCUT2D eigenvalue weighted by Gasteiger charge is 2.37. The van der Waals surface area contributed by atoms with Gasteiger partial charge < -0.3 is 19.4 Å². The average Bonchev–Trinajstić information content (AvgIpc) is 3.37. The van der Waals surface area contributed by atoms with E-state index < -0.39 is 6.43 Å². The molecule has 1 amide bonds. The molecule has 2 aromatic rings. The molecule has 3 aliphatic rings. The lowest BCUT2D eigenvalue weighted by Gasteiger charge is -2.49. The molecule has 0 spiro atoms. The Bertz CT molecular complexity index is 1270. The van der Waals surface area contributed by atoms with E-state index in [1.165, 1.54) is 11.6 Å². The number of halogens is 2. The van der Waals surface area contributed by atoms with Crippen molar-refractivity contribution in [3.8, 4) is 0 Å². The third kappa shape index (κ3) is 6.15. The molecular formula is C32H44F2N6O2. The van der Waals surface area contributed by atoms with Crippen LogP contribution >= 0.6 is 0 Å². The van der Waals surface area contributed by atoms with Crippen molar-refractivity contribution in [1.82, 2.24) is 19.8 Å². The maximum Gasteiger partial charge on any atom is 0.280 e. The van der Waals surface area contributed by atoms with Gasteiger partial charge in [-0.2, -0.15) is 0 Å². The fraction of sp³-hybridized carbons (Fsp3) is 0.594. The number of hydrogen-bond donors (Lipinski definition) is 0. The second kappa shape index (κ2) is 13.0. The summed E-state index contributed by atoms with van der Waals surface area (Å²) in [4.78, 5) is 29.7. The second-order valence-corrected chi connectivity index (χ2v) is 11.9. The quantitative estimate of drug-likeness (QED) is 0.343. The summed E-state index contributed by atoms with van der Waals surface area (Å²) in [6.07, 6.45) is 2.53. The first-order valence-corrected chi connectivity index (χ1v) is 15.3. The lowest BCUT2D eigenvalue weighted by Crippen LogP contribution is -2.63. The van der Waals surface area contributed by atoms with E-state index in [4.69, 9.17) is 4.74 Å². The predicted molar refractivity (Wildman–Crippen MR) is 161 cm³/mol. The number of piperazine rings is 1. The summed E-state index contributed by atoms with van der Waals surface area (Å²) in [7, 11) is 0. The van der Waals surface area contributed by atoms with Crippen LogP contribution < -0.4 is 9.80 Å². The van der Waals surface area contributed by atoms with Gasteiger partial charge in [-0.05, 0) is 51.3 Å². The largest absolute Gasteiger partial charge is 0.368 e. The molecule has 10 heteroatoms. The van der Waals surface area contributed by atoms with Gasteiger partial charge in [0.05, 0.1) is 18.4 Å². The van der Waals surface area contributed by atoms with Gasteiger partial charge in [-0.15, -0.1) is 0 Å². The third-order valence-corrected chi connectivity index (χ3v) is 8.93. The first-order valence-electron chi connectivity index (χ1n) is 15.3. The molecule has 0 saturated carbocycles. The standard InChI is InChI=1S/C32H44F2N6O2/c1-6-8-24-26(39-18-23(19-39)37-13-15-38(16-14-37)29(41)7-2)17-28(36-31(24)32(33)34)40(21(3)4)12-10-27-30-22(5)9-11-35-25(30)20-42-27/h7,9,11,17,21,23,27,32H,2,6,8,10,12-16,18-20H2,1,3-5H3. The minimum Gasteiger partial charge on any atom is -0.368 e. The minimum atomic E-state index is -2.65. The molecule has 5 heterocycles. The van der Waals surface area contributed by atoms with Crippen LogP contribution in [0.1, 0.15) is 74.2 Å². The summed E-state index contributed by atoms with van der Waals surface area (Å²) in [5.41, 5.74) is 4.75. The van der Waals surface area contributed by atoms with Gasteiger partial charge in [0.25, 0.3) is 6.43 Å². The maximum absolute atomic E-state index is 14.5. The van der Waals surface area contributed by atoms with Crippen molar-refractivity contribution >= 4 is 17.4 Å². The molecule has 1 atom stereocenters. The zero-order chi connectivity index (χ0) is 30.0. The van der Waals surface area contributed by atoms with E-state index in [2.05, 4.69) is 52.0 Å². The van der Waals surface area contributed by atoms with E-state index in [-0.39, 0.29) is 23.7 Å². The highest BCUT2D eigenvalue weighted by molar-refractivity contribution is 5.87. The average molecular weight is 583 g/mol. The van der Waals surface area contributed by atoms with E-state index in [1.807, 2.05) is 30.2 Å². The van der Waals surface area contributed by atoms with Crippen molar-refractivity contribution < 1.29 is 18.3 Å². The number of aromatic nitrogens is 2. The Balaban J connectivity index is 1.35. The van der Waals surface area contributed by atoms with E-state index in [9.17, 15) is 13.6 Å². The van der Waals surface area contributed by atoms with Crippen molar-refractivity contribution in [2.75, 3.05) is 55.6 Å². The Labute approximate surface area is 248 Å². The highest BCUT2D eigenvalue weighted by atomic mass is 19.3. The summed E-state index contributed by atoms with van der Waals surface area (Å²) in [6, 6.07) is 4.45. The summed E-state index contributed by atoms with van der Waals surface area (Å²) in [6.45, 7) is 17.5. The van der Waals surface area contributed by atoms with E-state index >= 15 is 0 Å². The number of carbonyl (C=O) groups excluding carboxylic acids is 1. The van der Waals surface area contributed by atoms with Crippen molar-refractivity contribution in [2.24, 2.45) is 0 Å². The molecule has 2 saturated heterocycles. The second-order valence-electron chi connectivity index (χ2n) is 11.9. The lowest BCUT2D eigenvalue weighted by molar-refractivity contribution is -0.128. The zero-order valence-electron chi connectivity index (χ0n) is 25.4. The molecule has 5 rings (SSSR count). The smallest absolute Gasteiger partial charge is 0.280 e. The van der Waals surface area contributed by atoms with Crippen LogP contribution in [0.25, 0.3) is 0 Å². The number of hydrogen-bond acceptors (Lipinski definition) is 7. The van der Waals surface area contributed by atoms with Crippen LogP contribution in [0.5, 0.6) is 0 Å². The fourth-order valence-corrected chi connectivity index (χ4v) is 6.56. The van der Waals surface area contributed by atoms with Crippen molar-refractivity contribution in [3.63, 3.8) is 0 Å². The van der Waals surface area contributed by atoms with Crippen LogP contribution in [-0.2, 0) is 22.6 Å². The first kappa shape index (κ1) is 30.4. The maximum atomic E-state index is 14.5. The van der Waals surface area contributed by atoms with Gasteiger partial charge in [0.1, 0.15) is 11.5 Å². The van der Waals surface area contributed by atoms with Gasteiger partial charge in [0.15, 0.2) is 0 Å². The van der Waals surface area contributed by atoms with Crippen LogP contribution in [-0.4, -0.2) is 83.6 Å². The number of ether oxygens (including phenoxy) is 1. The van der Waals surface area contributed by atoms with Crippen molar-refractivity contribution in [1.29, 1.82) is 0 Å². The first-order chi connectivity index (χ1) is 20.2. The van der Waals surface area contributed by atoms with Crippen LogP contribution in [0, 0.1) is 6.92 Å². The number of nitrogens with zero attached hydrogens (tertiary/aromatic N) is 6. The molecule has 3 aliphatic heterocycles. The molecule has 0 aliphatic carbocycles. The molecule has 2 fully saturated rings. The van der Waals surface area contributed by atoms with Crippen molar-refractivity contribution in [2.45, 2.75) is 78.2 Å².